The van der Waals surface area contributed by atoms with E-state index in [4.69, 9.17) is 10.6 Å². The van der Waals surface area contributed by atoms with Crippen molar-refractivity contribution < 1.29 is 4.74 Å². The van der Waals surface area contributed by atoms with Crippen LogP contribution in [0.25, 0.3) is 0 Å². The van der Waals surface area contributed by atoms with Crippen molar-refractivity contribution in [2.75, 3.05) is 17.3 Å². The van der Waals surface area contributed by atoms with Gasteiger partial charge in [0.1, 0.15) is 29.8 Å². The van der Waals surface area contributed by atoms with E-state index in [1.807, 2.05) is 25.1 Å². The summed E-state index contributed by atoms with van der Waals surface area (Å²) >= 11 is 0. The molecule has 2 heterocycles. The Kier molecular flexibility index (Phi) is 3.39. The van der Waals surface area contributed by atoms with E-state index in [2.05, 4.69) is 26.8 Å². The lowest BCUT2D eigenvalue weighted by atomic mass is 10.1. The second kappa shape index (κ2) is 5.34. The molecule has 20 heavy (non-hydrogen) atoms. The molecule has 0 fully saturated rings. The Hall–Kier alpha value is -2.34. The molecule has 104 valence electrons. The van der Waals surface area contributed by atoms with Crippen LogP contribution in [0.1, 0.15) is 11.1 Å². The highest BCUT2D eigenvalue weighted by Crippen LogP contribution is 2.28. The quantitative estimate of drug-likeness (QED) is 0.577. The van der Waals surface area contributed by atoms with Gasteiger partial charge in [0.25, 0.3) is 0 Å². The maximum atomic E-state index is 5.88. The molecule has 6 heteroatoms. The average Bonchev–Trinajstić information content (AvgIpc) is 2.89. The highest BCUT2D eigenvalue weighted by Gasteiger charge is 2.22. The number of rotatable bonds is 4. The molecule has 1 unspecified atom stereocenters. The predicted molar refractivity (Wildman–Crippen MR) is 77.6 cm³/mol. The summed E-state index contributed by atoms with van der Waals surface area (Å²) in [6.07, 6.45) is 2.51. The van der Waals surface area contributed by atoms with E-state index < -0.39 is 0 Å². The highest BCUT2D eigenvalue weighted by molar-refractivity contribution is 5.55. The zero-order valence-corrected chi connectivity index (χ0v) is 11.3. The van der Waals surface area contributed by atoms with Crippen LogP contribution < -0.4 is 21.3 Å². The van der Waals surface area contributed by atoms with E-state index in [9.17, 15) is 0 Å². The van der Waals surface area contributed by atoms with Gasteiger partial charge >= 0.3 is 0 Å². The summed E-state index contributed by atoms with van der Waals surface area (Å²) in [5.74, 6) is 7.77. The van der Waals surface area contributed by atoms with Gasteiger partial charge in [-0.15, -0.1) is 0 Å². The number of nitrogens with one attached hydrogen (secondary N) is 2. The monoisotopic (exact) mass is 271 g/mol. The Morgan fingerprint density at radius 1 is 1.30 bits per heavy atom. The topological polar surface area (TPSA) is 85.1 Å². The molecular formula is C14H17N5O. The third kappa shape index (κ3) is 2.37. The SMILES string of the molecule is Cc1c(NN)ncnc1NCC1Cc2ccccc2O1. The summed E-state index contributed by atoms with van der Waals surface area (Å²) in [4.78, 5) is 8.27. The van der Waals surface area contributed by atoms with Gasteiger partial charge in [0.15, 0.2) is 0 Å². The number of nitrogen functional groups attached to an aromatic ring is 1. The fourth-order valence-corrected chi connectivity index (χ4v) is 2.35. The van der Waals surface area contributed by atoms with Crippen LogP contribution in [-0.4, -0.2) is 22.6 Å². The molecule has 0 aliphatic carbocycles. The van der Waals surface area contributed by atoms with Crippen molar-refractivity contribution in [1.82, 2.24) is 9.97 Å². The van der Waals surface area contributed by atoms with Gasteiger partial charge in [0, 0.05) is 12.0 Å². The van der Waals surface area contributed by atoms with Crippen molar-refractivity contribution in [2.24, 2.45) is 5.84 Å². The highest BCUT2D eigenvalue weighted by atomic mass is 16.5. The van der Waals surface area contributed by atoms with Gasteiger partial charge in [-0.2, -0.15) is 0 Å². The lowest BCUT2D eigenvalue weighted by molar-refractivity contribution is 0.246. The molecule has 1 aromatic carbocycles. The summed E-state index contributed by atoms with van der Waals surface area (Å²) in [5, 5.41) is 3.29. The zero-order chi connectivity index (χ0) is 13.9. The maximum absolute atomic E-state index is 5.88. The van der Waals surface area contributed by atoms with Crippen molar-refractivity contribution in [2.45, 2.75) is 19.4 Å². The normalized spacial score (nSPS) is 16.4. The fraction of sp³-hybridized carbons (Fsp3) is 0.286. The minimum absolute atomic E-state index is 0.121. The number of hydrogen-bond acceptors (Lipinski definition) is 6. The molecule has 6 nitrogen and oxygen atoms in total. The number of fused-ring (bicyclic) bond motifs is 1. The van der Waals surface area contributed by atoms with Gasteiger partial charge in [-0.1, -0.05) is 18.2 Å². The molecule has 0 amide bonds. The van der Waals surface area contributed by atoms with Crippen molar-refractivity contribution in [3.8, 4) is 5.75 Å². The third-order valence-corrected chi connectivity index (χ3v) is 3.43. The van der Waals surface area contributed by atoms with Crippen LogP contribution in [-0.2, 0) is 6.42 Å². The molecule has 0 saturated heterocycles. The van der Waals surface area contributed by atoms with Gasteiger partial charge < -0.3 is 15.5 Å². The minimum atomic E-state index is 0.121. The summed E-state index contributed by atoms with van der Waals surface area (Å²) in [5.41, 5.74) is 4.70. The van der Waals surface area contributed by atoms with Crippen LogP contribution >= 0.6 is 0 Å². The Bertz CT molecular complexity index is 591. The molecule has 0 spiro atoms. The Morgan fingerprint density at radius 3 is 2.90 bits per heavy atom. The molecule has 1 aromatic heterocycles. The molecule has 1 aliphatic heterocycles. The van der Waals surface area contributed by atoms with Crippen LogP contribution in [0.2, 0.25) is 0 Å². The number of hydrazine groups is 1. The van der Waals surface area contributed by atoms with Crippen LogP contribution in [0, 0.1) is 6.92 Å². The van der Waals surface area contributed by atoms with Crippen LogP contribution in [0.15, 0.2) is 30.6 Å². The van der Waals surface area contributed by atoms with Crippen molar-refractivity contribution in [1.29, 1.82) is 0 Å². The molecule has 3 rings (SSSR count). The summed E-state index contributed by atoms with van der Waals surface area (Å²) in [7, 11) is 0. The van der Waals surface area contributed by atoms with Gasteiger partial charge in [-0.25, -0.2) is 15.8 Å². The van der Waals surface area contributed by atoms with Gasteiger partial charge in [-0.3, -0.25) is 0 Å². The predicted octanol–water partition coefficient (Wildman–Crippen LogP) is 1.49. The molecule has 0 saturated carbocycles. The number of hydrogen-bond donors (Lipinski definition) is 3. The first-order valence-corrected chi connectivity index (χ1v) is 6.54. The Morgan fingerprint density at radius 2 is 2.10 bits per heavy atom. The summed E-state index contributed by atoms with van der Waals surface area (Å²) in [6.45, 7) is 2.61. The molecule has 2 aromatic rings. The minimum Gasteiger partial charge on any atom is -0.488 e. The van der Waals surface area contributed by atoms with E-state index in [1.54, 1.807) is 0 Å². The van der Waals surface area contributed by atoms with E-state index in [0.29, 0.717) is 12.4 Å². The number of para-hydroxylation sites is 1. The van der Waals surface area contributed by atoms with E-state index in [1.165, 1.54) is 11.9 Å². The first kappa shape index (κ1) is 12.7. The fourth-order valence-electron chi connectivity index (χ4n) is 2.35. The molecule has 1 atom stereocenters. The maximum Gasteiger partial charge on any atom is 0.148 e. The van der Waals surface area contributed by atoms with Crippen LogP contribution in [0.5, 0.6) is 5.75 Å². The van der Waals surface area contributed by atoms with E-state index in [0.717, 1.165) is 23.6 Å². The van der Waals surface area contributed by atoms with E-state index >= 15 is 0 Å². The second-order valence-electron chi connectivity index (χ2n) is 4.77. The summed E-state index contributed by atoms with van der Waals surface area (Å²) < 4.78 is 5.88. The number of ether oxygens (including phenoxy) is 1. The Labute approximate surface area is 117 Å². The third-order valence-electron chi connectivity index (χ3n) is 3.43. The molecule has 4 N–H and O–H groups in total. The number of nitrogens with two attached hydrogens (primary N) is 1. The van der Waals surface area contributed by atoms with Crippen LogP contribution in [0.3, 0.4) is 0 Å². The van der Waals surface area contributed by atoms with Crippen LogP contribution in [0.4, 0.5) is 11.6 Å². The van der Waals surface area contributed by atoms with Crippen molar-refractivity contribution in [3.05, 3.63) is 41.7 Å². The lowest BCUT2D eigenvalue weighted by Gasteiger charge is -2.14. The number of benzene rings is 1. The number of aromatic nitrogens is 2. The lowest BCUT2D eigenvalue weighted by Crippen LogP contribution is -2.25. The zero-order valence-electron chi connectivity index (χ0n) is 11.3. The Balaban J connectivity index is 1.64. The largest absolute Gasteiger partial charge is 0.488 e. The molecule has 0 radical (unpaired) electrons. The van der Waals surface area contributed by atoms with Crippen molar-refractivity contribution in [3.63, 3.8) is 0 Å². The molecule has 0 bridgehead atoms. The molecular weight excluding hydrogens is 254 g/mol. The smallest absolute Gasteiger partial charge is 0.148 e. The number of nitrogens with zero attached hydrogens (tertiary/aromatic N) is 2. The number of anilines is 2. The van der Waals surface area contributed by atoms with E-state index in [-0.39, 0.29) is 6.10 Å². The average molecular weight is 271 g/mol. The standard InChI is InChI=1S/C14H17N5O/c1-9-13(17-8-18-14(9)19-15)16-7-11-6-10-4-2-3-5-12(10)20-11/h2-5,8,11H,6-7,15H2,1H3,(H2,16,17,18,19). The van der Waals surface area contributed by atoms with Gasteiger partial charge in [0.05, 0.1) is 6.54 Å². The second-order valence-corrected chi connectivity index (χ2v) is 4.77. The van der Waals surface area contributed by atoms with Gasteiger partial charge in [-0.05, 0) is 18.6 Å². The summed E-state index contributed by atoms with van der Waals surface area (Å²) in [6, 6.07) is 8.12. The first-order valence-electron chi connectivity index (χ1n) is 6.54. The molecule has 1 aliphatic rings. The first-order chi connectivity index (χ1) is 9.78. The van der Waals surface area contributed by atoms with Gasteiger partial charge in [0.2, 0.25) is 0 Å². The van der Waals surface area contributed by atoms with Crippen molar-refractivity contribution >= 4 is 11.6 Å².